The van der Waals surface area contributed by atoms with E-state index in [1.807, 2.05) is 24.0 Å². The quantitative estimate of drug-likeness (QED) is 0.842. The smallest absolute Gasteiger partial charge is 0.243 e. The van der Waals surface area contributed by atoms with Gasteiger partial charge in [0.1, 0.15) is 5.75 Å². The first-order valence-corrected chi connectivity index (χ1v) is 10.2. The zero-order valence-electron chi connectivity index (χ0n) is 15.7. The number of hydrogen-bond acceptors (Lipinski definition) is 5. The fraction of sp³-hybridized carbons (Fsp3) is 0.444. The van der Waals surface area contributed by atoms with Crippen LogP contribution in [0.5, 0.6) is 5.75 Å². The first kappa shape index (κ1) is 19.4. The third-order valence-electron chi connectivity index (χ3n) is 4.65. The van der Waals surface area contributed by atoms with Gasteiger partial charge < -0.3 is 10.1 Å². The topological polar surface area (TPSA) is 93.5 Å². The number of piperidine rings is 1. The highest BCUT2D eigenvalue weighted by Gasteiger charge is 2.30. The lowest BCUT2D eigenvalue weighted by molar-refractivity contribution is -0.114. The van der Waals surface area contributed by atoms with Gasteiger partial charge in [0.05, 0.1) is 29.9 Å². The Bertz CT molecular complexity index is 931. The molecule has 0 radical (unpaired) electrons. The van der Waals surface area contributed by atoms with Crippen molar-refractivity contribution in [2.45, 2.75) is 37.6 Å². The van der Waals surface area contributed by atoms with E-state index in [0.717, 1.165) is 5.56 Å². The zero-order valence-corrected chi connectivity index (χ0v) is 16.5. The van der Waals surface area contributed by atoms with E-state index in [-0.39, 0.29) is 16.8 Å². The van der Waals surface area contributed by atoms with Crippen LogP contribution >= 0.6 is 0 Å². The molecule has 1 N–H and O–H groups in total. The van der Waals surface area contributed by atoms with Gasteiger partial charge in [0, 0.05) is 26.2 Å². The Morgan fingerprint density at radius 1 is 1.30 bits per heavy atom. The highest BCUT2D eigenvalue weighted by molar-refractivity contribution is 7.89. The molecule has 0 saturated carbocycles. The van der Waals surface area contributed by atoms with Gasteiger partial charge in [-0.2, -0.15) is 9.40 Å². The van der Waals surface area contributed by atoms with Crippen LogP contribution < -0.4 is 10.1 Å². The van der Waals surface area contributed by atoms with E-state index >= 15 is 0 Å². The first-order valence-electron chi connectivity index (χ1n) is 8.78. The molecule has 2 heterocycles. The Morgan fingerprint density at radius 2 is 2.00 bits per heavy atom. The number of nitrogens with zero attached hydrogens (tertiary/aromatic N) is 3. The van der Waals surface area contributed by atoms with Crippen LogP contribution in [0.2, 0.25) is 0 Å². The summed E-state index contributed by atoms with van der Waals surface area (Å²) in [4.78, 5) is 11.5. The molecular weight excluding hydrogens is 368 g/mol. The summed E-state index contributed by atoms with van der Waals surface area (Å²) in [5.74, 6) is 0.120. The molecule has 2 aromatic rings. The van der Waals surface area contributed by atoms with Crippen LogP contribution in [0.4, 0.5) is 5.69 Å². The fourth-order valence-corrected chi connectivity index (χ4v) is 4.76. The number of methoxy groups -OCH3 is 1. The molecule has 0 atom stereocenters. The van der Waals surface area contributed by atoms with Crippen molar-refractivity contribution in [3.63, 3.8) is 0 Å². The van der Waals surface area contributed by atoms with Gasteiger partial charge in [-0.1, -0.05) is 0 Å². The molecule has 27 heavy (non-hydrogen) atoms. The molecule has 8 nitrogen and oxygen atoms in total. The number of rotatable bonds is 5. The van der Waals surface area contributed by atoms with E-state index in [1.54, 1.807) is 6.07 Å². The maximum atomic E-state index is 13.0. The number of hydrogen-bond donors (Lipinski definition) is 1. The van der Waals surface area contributed by atoms with Crippen LogP contribution in [-0.2, 0) is 14.8 Å². The fourth-order valence-electron chi connectivity index (χ4n) is 3.26. The Hall–Kier alpha value is -2.39. The second kappa shape index (κ2) is 7.69. The molecule has 1 aliphatic rings. The molecule has 146 valence electrons. The van der Waals surface area contributed by atoms with E-state index < -0.39 is 10.0 Å². The van der Waals surface area contributed by atoms with Crippen LogP contribution in [0.1, 0.15) is 31.4 Å². The number of aryl methyl sites for hydroxylation is 1. The SMILES string of the molecule is COc1ccc(S(=O)(=O)N2CCC(n3cc(C)cn3)CC2)cc1NC(C)=O. The molecule has 0 bridgehead atoms. The van der Waals surface area contributed by atoms with Crippen molar-refractivity contribution >= 4 is 21.6 Å². The van der Waals surface area contributed by atoms with Crippen molar-refractivity contribution in [3.05, 3.63) is 36.2 Å². The lowest BCUT2D eigenvalue weighted by atomic mass is 10.1. The van der Waals surface area contributed by atoms with Gasteiger partial charge >= 0.3 is 0 Å². The maximum Gasteiger partial charge on any atom is 0.243 e. The molecular formula is C18H24N4O4S. The molecule has 0 aliphatic carbocycles. The second-order valence-corrected chi connectivity index (χ2v) is 8.61. The van der Waals surface area contributed by atoms with E-state index in [4.69, 9.17) is 4.74 Å². The highest BCUT2D eigenvalue weighted by atomic mass is 32.2. The number of benzene rings is 1. The van der Waals surface area contributed by atoms with Gasteiger partial charge in [-0.15, -0.1) is 0 Å². The van der Waals surface area contributed by atoms with Gasteiger partial charge in [0.25, 0.3) is 0 Å². The number of nitrogens with one attached hydrogen (secondary N) is 1. The summed E-state index contributed by atoms with van der Waals surface area (Å²) in [5.41, 5.74) is 1.43. The van der Waals surface area contributed by atoms with Crippen molar-refractivity contribution in [2.24, 2.45) is 0 Å². The van der Waals surface area contributed by atoms with E-state index in [0.29, 0.717) is 37.4 Å². The van der Waals surface area contributed by atoms with Gasteiger partial charge in [0.15, 0.2) is 0 Å². The molecule has 1 aliphatic heterocycles. The summed E-state index contributed by atoms with van der Waals surface area (Å²) in [5, 5.41) is 6.95. The standard InChI is InChI=1S/C18H24N4O4S/c1-13-11-19-22(12-13)15-6-8-21(9-7-15)27(24,25)16-4-5-18(26-3)17(10-16)20-14(2)23/h4-5,10-12,15H,6-9H2,1-3H3,(H,20,23). The third-order valence-corrected chi connectivity index (χ3v) is 6.54. The number of amides is 1. The summed E-state index contributed by atoms with van der Waals surface area (Å²) >= 11 is 0. The van der Waals surface area contributed by atoms with E-state index in [1.165, 1.54) is 30.5 Å². The Balaban J connectivity index is 1.78. The predicted molar refractivity (Wildman–Crippen MR) is 101 cm³/mol. The average Bonchev–Trinajstić information content (AvgIpc) is 3.07. The largest absolute Gasteiger partial charge is 0.495 e. The lowest BCUT2D eigenvalue weighted by Crippen LogP contribution is -2.39. The summed E-state index contributed by atoms with van der Waals surface area (Å²) in [6.07, 6.45) is 5.20. The van der Waals surface area contributed by atoms with Crippen molar-refractivity contribution < 1.29 is 17.9 Å². The summed E-state index contributed by atoms with van der Waals surface area (Å²) < 4.78 is 34.6. The van der Waals surface area contributed by atoms with Crippen LogP contribution in [0.15, 0.2) is 35.5 Å². The number of anilines is 1. The zero-order chi connectivity index (χ0) is 19.6. The predicted octanol–water partition coefficient (Wildman–Crippen LogP) is 2.18. The van der Waals surface area contributed by atoms with Gasteiger partial charge in [0.2, 0.25) is 15.9 Å². The number of carbonyl (C=O) groups is 1. The molecule has 3 rings (SSSR count). The van der Waals surface area contributed by atoms with Crippen LogP contribution in [-0.4, -0.2) is 48.6 Å². The normalized spacial score (nSPS) is 16.3. The number of ether oxygens (including phenoxy) is 1. The van der Waals surface area contributed by atoms with E-state index in [2.05, 4.69) is 10.4 Å². The molecule has 0 spiro atoms. The average molecular weight is 392 g/mol. The number of carbonyl (C=O) groups excluding carboxylic acids is 1. The minimum absolute atomic E-state index is 0.139. The Kier molecular flexibility index (Phi) is 5.52. The minimum Gasteiger partial charge on any atom is -0.495 e. The minimum atomic E-state index is -3.65. The molecule has 9 heteroatoms. The monoisotopic (exact) mass is 392 g/mol. The number of aromatic nitrogens is 2. The number of sulfonamides is 1. The van der Waals surface area contributed by atoms with Crippen molar-refractivity contribution in [1.29, 1.82) is 0 Å². The molecule has 1 saturated heterocycles. The van der Waals surface area contributed by atoms with Gasteiger partial charge in [-0.05, 0) is 43.5 Å². The van der Waals surface area contributed by atoms with Crippen LogP contribution in [0.3, 0.4) is 0 Å². The van der Waals surface area contributed by atoms with E-state index in [9.17, 15) is 13.2 Å². The summed E-state index contributed by atoms with van der Waals surface area (Å²) in [6.45, 7) is 4.20. The van der Waals surface area contributed by atoms with Gasteiger partial charge in [-0.3, -0.25) is 9.48 Å². The maximum absolute atomic E-state index is 13.0. The molecule has 1 aromatic carbocycles. The van der Waals surface area contributed by atoms with Crippen molar-refractivity contribution in [2.75, 3.05) is 25.5 Å². The molecule has 0 unspecified atom stereocenters. The third kappa shape index (κ3) is 4.14. The summed E-state index contributed by atoms with van der Waals surface area (Å²) in [6, 6.07) is 4.70. The first-order chi connectivity index (χ1) is 12.8. The Labute approximate surface area is 159 Å². The molecule has 1 aromatic heterocycles. The van der Waals surface area contributed by atoms with Crippen molar-refractivity contribution in [3.8, 4) is 5.75 Å². The van der Waals surface area contributed by atoms with Crippen LogP contribution in [0, 0.1) is 6.92 Å². The summed E-state index contributed by atoms with van der Waals surface area (Å²) in [7, 11) is -2.18. The second-order valence-electron chi connectivity index (χ2n) is 6.68. The highest BCUT2D eigenvalue weighted by Crippen LogP contribution is 2.31. The lowest BCUT2D eigenvalue weighted by Gasteiger charge is -2.31. The van der Waals surface area contributed by atoms with Crippen molar-refractivity contribution in [1.82, 2.24) is 14.1 Å². The van der Waals surface area contributed by atoms with Crippen LogP contribution in [0.25, 0.3) is 0 Å². The molecule has 1 amide bonds. The van der Waals surface area contributed by atoms with Gasteiger partial charge in [-0.25, -0.2) is 8.42 Å². The molecule has 1 fully saturated rings. The Morgan fingerprint density at radius 3 is 2.56 bits per heavy atom.